The van der Waals surface area contributed by atoms with Gasteiger partial charge in [-0.05, 0) is 13.5 Å². The van der Waals surface area contributed by atoms with E-state index in [1.807, 2.05) is 16.4 Å². The van der Waals surface area contributed by atoms with Crippen molar-refractivity contribution in [3.05, 3.63) is 16.9 Å². The van der Waals surface area contributed by atoms with E-state index in [0.29, 0.717) is 11.1 Å². The fourth-order valence-corrected chi connectivity index (χ4v) is 3.91. The van der Waals surface area contributed by atoms with Gasteiger partial charge in [0.2, 0.25) is 0 Å². The number of hydrogen-bond donors (Lipinski definition) is 1. The van der Waals surface area contributed by atoms with Crippen molar-refractivity contribution in [3.63, 3.8) is 0 Å². The maximum absolute atomic E-state index is 6.44. The number of aromatic nitrogens is 2. The Morgan fingerprint density at radius 3 is 3.11 bits per heavy atom. The van der Waals surface area contributed by atoms with Crippen LogP contribution in [0.15, 0.2) is 6.20 Å². The molecule has 2 heterocycles. The lowest BCUT2D eigenvalue weighted by Crippen LogP contribution is -2.46. The Labute approximate surface area is 118 Å². The van der Waals surface area contributed by atoms with Crippen molar-refractivity contribution in [1.82, 2.24) is 14.7 Å². The van der Waals surface area contributed by atoms with E-state index >= 15 is 0 Å². The van der Waals surface area contributed by atoms with E-state index in [4.69, 9.17) is 17.3 Å². The summed E-state index contributed by atoms with van der Waals surface area (Å²) in [5, 5.41) is 5.02. The second-order valence-electron chi connectivity index (χ2n) is 4.75. The molecule has 0 radical (unpaired) electrons. The van der Waals surface area contributed by atoms with E-state index in [-0.39, 0.29) is 6.04 Å². The average molecular weight is 289 g/mol. The molecule has 6 heteroatoms. The van der Waals surface area contributed by atoms with Gasteiger partial charge in [-0.25, -0.2) is 0 Å². The Balaban J connectivity index is 2.21. The van der Waals surface area contributed by atoms with Gasteiger partial charge in [0.1, 0.15) is 0 Å². The van der Waals surface area contributed by atoms with E-state index in [0.717, 1.165) is 31.0 Å². The zero-order valence-corrected chi connectivity index (χ0v) is 12.5. The molecule has 0 aliphatic carbocycles. The summed E-state index contributed by atoms with van der Waals surface area (Å²) in [6, 6.07) is 0.276. The summed E-state index contributed by atoms with van der Waals surface area (Å²) in [5.41, 5.74) is 7.42. The largest absolute Gasteiger partial charge is 0.321 e. The second kappa shape index (κ2) is 6.28. The maximum Gasteiger partial charge on any atom is 0.0834 e. The predicted molar refractivity (Wildman–Crippen MR) is 78.2 cm³/mol. The zero-order valence-electron chi connectivity index (χ0n) is 11.0. The average Bonchev–Trinajstić information content (AvgIpc) is 2.71. The minimum Gasteiger partial charge on any atom is -0.321 e. The summed E-state index contributed by atoms with van der Waals surface area (Å²) in [7, 11) is 2.14. The van der Waals surface area contributed by atoms with E-state index in [1.54, 1.807) is 6.20 Å². The minimum absolute atomic E-state index is 0.0654. The summed E-state index contributed by atoms with van der Waals surface area (Å²) in [6.07, 6.45) is 2.75. The second-order valence-corrected chi connectivity index (χ2v) is 6.31. The highest BCUT2D eigenvalue weighted by Gasteiger charge is 2.30. The van der Waals surface area contributed by atoms with Gasteiger partial charge in [0.25, 0.3) is 0 Å². The third kappa shape index (κ3) is 2.85. The van der Waals surface area contributed by atoms with Crippen molar-refractivity contribution in [2.75, 3.05) is 25.1 Å². The van der Waals surface area contributed by atoms with Crippen LogP contribution in [0.5, 0.6) is 0 Å². The van der Waals surface area contributed by atoms with Crippen LogP contribution in [0.2, 0.25) is 5.02 Å². The molecule has 4 nitrogen and oxygen atoms in total. The van der Waals surface area contributed by atoms with Crippen LogP contribution >= 0.6 is 23.4 Å². The lowest BCUT2D eigenvalue weighted by Gasteiger charge is -2.36. The Hall–Kier alpha value is -0.230. The van der Waals surface area contributed by atoms with Crippen molar-refractivity contribution in [2.45, 2.75) is 32.0 Å². The van der Waals surface area contributed by atoms with Crippen LogP contribution in [-0.4, -0.2) is 45.8 Å². The fourth-order valence-electron chi connectivity index (χ4n) is 2.36. The lowest BCUT2D eigenvalue weighted by atomic mass is 10.1. The van der Waals surface area contributed by atoms with Gasteiger partial charge in [-0.3, -0.25) is 9.58 Å². The number of hydrogen-bond acceptors (Lipinski definition) is 4. The van der Waals surface area contributed by atoms with Crippen molar-refractivity contribution >= 4 is 23.4 Å². The summed E-state index contributed by atoms with van der Waals surface area (Å²) < 4.78 is 1.96. The lowest BCUT2D eigenvalue weighted by molar-refractivity contribution is 0.232. The quantitative estimate of drug-likeness (QED) is 0.920. The normalized spacial score (nSPS) is 23.2. The van der Waals surface area contributed by atoms with Gasteiger partial charge in [-0.2, -0.15) is 16.9 Å². The van der Waals surface area contributed by atoms with Crippen LogP contribution in [0.25, 0.3) is 0 Å². The molecular weight excluding hydrogens is 268 g/mol. The Bertz CT molecular complexity index is 395. The first-order valence-corrected chi connectivity index (χ1v) is 7.93. The molecule has 102 valence electrons. The van der Waals surface area contributed by atoms with Crippen LogP contribution in [0.4, 0.5) is 0 Å². The standard InChI is InChI=1S/C12H21ClN4S/c1-3-4-17-12(9(13)7-15-17)11(14)10-8-18-6-5-16(10)2/h7,10-11H,3-6,8,14H2,1-2H3. The van der Waals surface area contributed by atoms with Crippen LogP contribution in [0, 0.1) is 0 Å². The molecule has 1 aromatic heterocycles. The SMILES string of the molecule is CCCn1ncc(Cl)c1C(N)C1CSCCN1C. The predicted octanol–water partition coefficient (Wildman–Crippen LogP) is 1.99. The monoisotopic (exact) mass is 288 g/mol. The first-order chi connectivity index (χ1) is 8.65. The van der Waals surface area contributed by atoms with Gasteiger partial charge < -0.3 is 5.73 Å². The molecule has 0 spiro atoms. The maximum atomic E-state index is 6.44. The van der Waals surface area contributed by atoms with Crippen LogP contribution in [-0.2, 0) is 6.54 Å². The highest BCUT2D eigenvalue weighted by Crippen LogP contribution is 2.29. The third-order valence-corrected chi connectivity index (χ3v) is 4.78. The van der Waals surface area contributed by atoms with Gasteiger partial charge >= 0.3 is 0 Å². The molecule has 1 fully saturated rings. The summed E-state index contributed by atoms with van der Waals surface area (Å²) in [4.78, 5) is 2.33. The third-order valence-electron chi connectivity index (χ3n) is 3.44. The Morgan fingerprint density at radius 2 is 2.44 bits per heavy atom. The van der Waals surface area contributed by atoms with E-state index in [1.165, 1.54) is 5.75 Å². The number of aryl methyl sites for hydroxylation is 1. The van der Waals surface area contributed by atoms with Crippen LogP contribution < -0.4 is 5.73 Å². The number of likely N-dealkylation sites (N-methyl/N-ethyl adjacent to an activating group) is 1. The van der Waals surface area contributed by atoms with Gasteiger partial charge in [0, 0.05) is 30.6 Å². The van der Waals surface area contributed by atoms with Gasteiger partial charge in [-0.1, -0.05) is 18.5 Å². The molecule has 18 heavy (non-hydrogen) atoms. The number of nitrogens with zero attached hydrogens (tertiary/aromatic N) is 3. The topological polar surface area (TPSA) is 47.1 Å². The summed E-state index contributed by atoms with van der Waals surface area (Å²) in [5.74, 6) is 2.24. The summed E-state index contributed by atoms with van der Waals surface area (Å²) in [6.45, 7) is 4.09. The van der Waals surface area contributed by atoms with Gasteiger partial charge in [0.15, 0.2) is 0 Å². The number of thioether (sulfide) groups is 1. The first kappa shape index (κ1) is 14.2. The fraction of sp³-hybridized carbons (Fsp3) is 0.750. The van der Waals surface area contributed by atoms with Crippen molar-refractivity contribution in [2.24, 2.45) is 5.73 Å². The zero-order chi connectivity index (χ0) is 13.1. The molecule has 1 aromatic rings. The molecule has 0 aromatic carbocycles. The molecule has 2 unspecified atom stereocenters. The molecule has 2 atom stereocenters. The summed E-state index contributed by atoms with van der Waals surface area (Å²) >= 11 is 8.22. The van der Waals surface area contributed by atoms with Crippen molar-refractivity contribution in [3.8, 4) is 0 Å². The molecule has 0 bridgehead atoms. The van der Waals surface area contributed by atoms with Crippen molar-refractivity contribution in [1.29, 1.82) is 0 Å². The molecule has 0 amide bonds. The number of halogens is 1. The van der Waals surface area contributed by atoms with Gasteiger partial charge in [0.05, 0.1) is 23.0 Å². The molecule has 1 aliphatic heterocycles. The Kier molecular flexibility index (Phi) is 4.95. The number of nitrogens with two attached hydrogens (primary N) is 1. The molecule has 2 N–H and O–H groups in total. The number of rotatable bonds is 4. The van der Waals surface area contributed by atoms with Gasteiger partial charge in [-0.15, -0.1) is 0 Å². The van der Waals surface area contributed by atoms with Crippen LogP contribution in [0.3, 0.4) is 0 Å². The molecule has 2 rings (SSSR count). The molecule has 1 aliphatic rings. The van der Waals surface area contributed by atoms with E-state index in [2.05, 4.69) is 24.0 Å². The molecule has 1 saturated heterocycles. The van der Waals surface area contributed by atoms with Crippen molar-refractivity contribution < 1.29 is 0 Å². The molecular formula is C12H21ClN4S. The minimum atomic E-state index is -0.0654. The first-order valence-electron chi connectivity index (χ1n) is 6.40. The van der Waals surface area contributed by atoms with E-state index < -0.39 is 0 Å². The highest BCUT2D eigenvalue weighted by atomic mass is 35.5. The van der Waals surface area contributed by atoms with Crippen LogP contribution in [0.1, 0.15) is 25.1 Å². The highest BCUT2D eigenvalue weighted by molar-refractivity contribution is 7.99. The Morgan fingerprint density at radius 1 is 1.67 bits per heavy atom. The molecule has 0 saturated carbocycles. The smallest absolute Gasteiger partial charge is 0.0834 e. The van der Waals surface area contributed by atoms with E-state index in [9.17, 15) is 0 Å².